The molecule has 0 aromatic heterocycles. The van der Waals surface area contributed by atoms with Gasteiger partial charge in [0.2, 0.25) is 10.0 Å². The summed E-state index contributed by atoms with van der Waals surface area (Å²) in [5.74, 6) is 1.05. The third-order valence-electron chi connectivity index (χ3n) is 4.66. The fourth-order valence-corrected chi connectivity index (χ4v) is 4.57. The Morgan fingerprint density at radius 1 is 1.14 bits per heavy atom. The van der Waals surface area contributed by atoms with Gasteiger partial charge in [-0.05, 0) is 38.0 Å². The molecule has 0 bridgehead atoms. The van der Waals surface area contributed by atoms with Gasteiger partial charge >= 0.3 is 0 Å². The van der Waals surface area contributed by atoms with Gasteiger partial charge in [-0.15, -0.1) is 0 Å². The van der Waals surface area contributed by atoms with Crippen LogP contribution in [0.25, 0.3) is 0 Å². The summed E-state index contributed by atoms with van der Waals surface area (Å²) in [4.78, 5) is 0. The van der Waals surface area contributed by atoms with E-state index in [0.717, 1.165) is 25.2 Å². The van der Waals surface area contributed by atoms with Gasteiger partial charge in [-0.1, -0.05) is 34.1 Å². The lowest BCUT2D eigenvalue weighted by Gasteiger charge is -2.34. The van der Waals surface area contributed by atoms with Gasteiger partial charge < -0.3 is 5.32 Å². The molecule has 0 spiro atoms. The van der Waals surface area contributed by atoms with Gasteiger partial charge in [0.15, 0.2) is 0 Å². The Bertz CT molecular complexity index is 376. The van der Waals surface area contributed by atoms with Crippen LogP contribution in [0.4, 0.5) is 0 Å². The molecule has 1 heterocycles. The van der Waals surface area contributed by atoms with Crippen molar-refractivity contribution in [3.8, 4) is 0 Å². The average Bonchev–Trinajstić information content (AvgIpc) is 2.46. The van der Waals surface area contributed by atoms with Crippen LogP contribution >= 0.6 is 0 Å². The highest BCUT2D eigenvalue weighted by Crippen LogP contribution is 2.18. The predicted molar refractivity (Wildman–Crippen MR) is 90.0 cm³/mol. The van der Waals surface area contributed by atoms with Crippen molar-refractivity contribution in [1.82, 2.24) is 9.62 Å². The molecule has 1 N–H and O–H groups in total. The lowest BCUT2D eigenvalue weighted by molar-refractivity contribution is 0.257. The minimum absolute atomic E-state index is 0.288. The molecular formula is C16H34N2O2S. The first-order valence-corrected chi connectivity index (χ1v) is 10.3. The molecule has 0 aliphatic carbocycles. The predicted octanol–water partition coefficient (Wildman–Crippen LogP) is 3.00. The summed E-state index contributed by atoms with van der Waals surface area (Å²) in [5.41, 5.74) is 0. The Balaban J connectivity index is 2.42. The zero-order valence-corrected chi connectivity index (χ0v) is 15.1. The van der Waals surface area contributed by atoms with Crippen molar-refractivity contribution < 1.29 is 8.42 Å². The van der Waals surface area contributed by atoms with Crippen molar-refractivity contribution in [3.63, 3.8) is 0 Å². The second-order valence-corrected chi connectivity index (χ2v) is 8.60. The van der Waals surface area contributed by atoms with Gasteiger partial charge in [0.25, 0.3) is 0 Å². The highest BCUT2D eigenvalue weighted by Gasteiger charge is 2.28. The van der Waals surface area contributed by atoms with Crippen LogP contribution in [-0.4, -0.2) is 43.6 Å². The number of sulfonamides is 1. The van der Waals surface area contributed by atoms with Crippen molar-refractivity contribution in [2.45, 2.75) is 78.3 Å². The van der Waals surface area contributed by atoms with Crippen molar-refractivity contribution >= 4 is 10.0 Å². The Hall–Kier alpha value is -0.130. The minimum Gasteiger partial charge on any atom is -0.311 e. The van der Waals surface area contributed by atoms with E-state index in [-0.39, 0.29) is 5.75 Å². The van der Waals surface area contributed by atoms with Gasteiger partial charge in [0.1, 0.15) is 0 Å². The van der Waals surface area contributed by atoms with Crippen LogP contribution in [0.15, 0.2) is 0 Å². The van der Waals surface area contributed by atoms with E-state index in [4.69, 9.17) is 0 Å². The summed E-state index contributed by atoms with van der Waals surface area (Å²) in [5, 5.41) is 3.75. The highest BCUT2D eigenvalue weighted by atomic mass is 32.2. The van der Waals surface area contributed by atoms with Crippen LogP contribution in [-0.2, 0) is 10.0 Å². The molecule has 1 aliphatic rings. The first-order valence-electron chi connectivity index (χ1n) is 8.66. The normalized spacial score (nSPS) is 21.3. The Kier molecular flexibility index (Phi) is 8.21. The van der Waals surface area contributed by atoms with E-state index in [1.807, 2.05) is 6.92 Å². The van der Waals surface area contributed by atoms with Crippen molar-refractivity contribution in [2.75, 3.05) is 18.8 Å². The van der Waals surface area contributed by atoms with E-state index in [0.29, 0.717) is 31.6 Å². The number of nitrogens with zero attached hydrogens (tertiary/aromatic N) is 1. The summed E-state index contributed by atoms with van der Waals surface area (Å²) in [6, 6.07) is 1.05. The largest absolute Gasteiger partial charge is 0.311 e. The van der Waals surface area contributed by atoms with Crippen LogP contribution in [0.5, 0.6) is 0 Å². The molecule has 1 rings (SSSR count). The summed E-state index contributed by atoms with van der Waals surface area (Å²) >= 11 is 0. The average molecular weight is 319 g/mol. The number of piperidine rings is 1. The fourth-order valence-electron chi connectivity index (χ4n) is 3.03. The topological polar surface area (TPSA) is 49.4 Å². The van der Waals surface area contributed by atoms with E-state index in [1.54, 1.807) is 4.31 Å². The van der Waals surface area contributed by atoms with Crippen LogP contribution in [0.2, 0.25) is 0 Å². The number of hydrogen-bond donors (Lipinski definition) is 1. The minimum atomic E-state index is -3.01. The third kappa shape index (κ3) is 6.25. The Labute approximate surface area is 131 Å². The maximum Gasteiger partial charge on any atom is 0.214 e. The maximum absolute atomic E-state index is 12.1. The first-order chi connectivity index (χ1) is 9.92. The van der Waals surface area contributed by atoms with Crippen molar-refractivity contribution in [2.24, 2.45) is 5.92 Å². The molecule has 2 atom stereocenters. The van der Waals surface area contributed by atoms with E-state index >= 15 is 0 Å². The van der Waals surface area contributed by atoms with Crippen LogP contribution in [0, 0.1) is 5.92 Å². The molecule has 0 aromatic rings. The van der Waals surface area contributed by atoms with Gasteiger partial charge in [0, 0.05) is 25.2 Å². The van der Waals surface area contributed by atoms with E-state index in [1.165, 1.54) is 12.8 Å². The van der Waals surface area contributed by atoms with Crippen molar-refractivity contribution in [1.29, 1.82) is 0 Å². The van der Waals surface area contributed by atoms with E-state index in [9.17, 15) is 8.42 Å². The highest BCUT2D eigenvalue weighted by molar-refractivity contribution is 7.89. The van der Waals surface area contributed by atoms with Crippen LogP contribution in [0.1, 0.15) is 66.2 Å². The van der Waals surface area contributed by atoms with Gasteiger partial charge in [-0.2, -0.15) is 0 Å². The van der Waals surface area contributed by atoms with E-state index < -0.39 is 10.0 Å². The molecule has 0 saturated carbocycles. The van der Waals surface area contributed by atoms with Crippen molar-refractivity contribution in [3.05, 3.63) is 0 Å². The van der Waals surface area contributed by atoms with Gasteiger partial charge in [-0.3, -0.25) is 0 Å². The van der Waals surface area contributed by atoms with Gasteiger partial charge in [0.05, 0.1) is 5.75 Å². The van der Waals surface area contributed by atoms with Gasteiger partial charge in [-0.25, -0.2) is 12.7 Å². The summed E-state index contributed by atoms with van der Waals surface area (Å²) in [6.07, 6.45) is 6.19. The monoisotopic (exact) mass is 318 g/mol. The zero-order chi connectivity index (χ0) is 15.9. The van der Waals surface area contributed by atoms with Crippen LogP contribution < -0.4 is 5.32 Å². The second-order valence-electron chi connectivity index (χ2n) is 6.51. The summed E-state index contributed by atoms with van der Waals surface area (Å²) in [6.45, 7) is 10.1. The Morgan fingerprint density at radius 3 is 2.24 bits per heavy atom. The smallest absolute Gasteiger partial charge is 0.214 e. The molecule has 1 aliphatic heterocycles. The number of rotatable bonds is 9. The molecule has 4 nitrogen and oxygen atoms in total. The zero-order valence-electron chi connectivity index (χ0n) is 14.3. The SMILES string of the molecule is CCCS(=O)(=O)N1CCC(NC(CC)CC(C)CC)CC1. The quantitative estimate of drug-likeness (QED) is 0.711. The lowest BCUT2D eigenvalue weighted by atomic mass is 9.96. The molecule has 126 valence electrons. The summed E-state index contributed by atoms with van der Waals surface area (Å²) < 4.78 is 25.8. The molecule has 0 radical (unpaired) electrons. The lowest BCUT2D eigenvalue weighted by Crippen LogP contribution is -2.48. The molecule has 1 fully saturated rings. The maximum atomic E-state index is 12.1. The number of nitrogens with one attached hydrogen (secondary N) is 1. The molecule has 2 unspecified atom stereocenters. The third-order valence-corrected chi connectivity index (χ3v) is 6.73. The first kappa shape index (κ1) is 18.9. The second kappa shape index (κ2) is 9.11. The molecule has 1 saturated heterocycles. The Morgan fingerprint density at radius 2 is 1.76 bits per heavy atom. The standard InChI is InChI=1S/C16H34N2O2S/c1-5-12-21(19,20)18-10-8-16(9-11-18)17-15(7-3)13-14(4)6-2/h14-17H,5-13H2,1-4H3. The molecule has 0 amide bonds. The molecular weight excluding hydrogens is 284 g/mol. The molecule has 0 aromatic carbocycles. The fraction of sp³-hybridized carbons (Fsp3) is 1.00. The number of hydrogen-bond acceptors (Lipinski definition) is 3. The van der Waals surface area contributed by atoms with Crippen LogP contribution in [0.3, 0.4) is 0 Å². The molecule has 5 heteroatoms. The molecule has 21 heavy (non-hydrogen) atoms. The van der Waals surface area contributed by atoms with E-state index in [2.05, 4.69) is 26.1 Å². The summed E-state index contributed by atoms with van der Waals surface area (Å²) in [7, 11) is -3.01.